The third-order valence-corrected chi connectivity index (χ3v) is 3.10. The van der Waals surface area contributed by atoms with Crippen LogP contribution in [0.4, 0.5) is 0 Å². The van der Waals surface area contributed by atoms with Crippen LogP contribution in [-0.4, -0.2) is 43.3 Å². The van der Waals surface area contributed by atoms with Gasteiger partial charge in [-0.3, -0.25) is 4.79 Å². The summed E-state index contributed by atoms with van der Waals surface area (Å²) in [6, 6.07) is 2.90. The van der Waals surface area contributed by atoms with E-state index in [1.807, 2.05) is 0 Å². The summed E-state index contributed by atoms with van der Waals surface area (Å²) in [5, 5.41) is 14.4. The summed E-state index contributed by atoms with van der Waals surface area (Å²) in [5.41, 5.74) is 0. The summed E-state index contributed by atoms with van der Waals surface area (Å²) in [4.78, 5) is 22.6. The van der Waals surface area contributed by atoms with Gasteiger partial charge in [-0.05, 0) is 19.2 Å². The van der Waals surface area contributed by atoms with Gasteiger partial charge in [0.1, 0.15) is 5.76 Å². The minimum absolute atomic E-state index is 0.00572. The van der Waals surface area contributed by atoms with Gasteiger partial charge in [0.05, 0.1) is 25.7 Å². The molecule has 3 N–H and O–H groups in total. The second-order valence-corrected chi connectivity index (χ2v) is 4.33. The zero-order valence-electron chi connectivity index (χ0n) is 10.5. The third-order valence-electron chi connectivity index (χ3n) is 3.10. The van der Waals surface area contributed by atoms with Gasteiger partial charge in [0.15, 0.2) is 0 Å². The fourth-order valence-corrected chi connectivity index (χ4v) is 1.99. The van der Waals surface area contributed by atoms with Crippen molar-refractivity contribution in [2.45, 2.75) is 12.6 Å². The zero-order valence-corrected chi connectivity index (χ0v) is 10.5. The Labute approximate surface area is 109 Å². The quantitative estimate of drug-likeness (QED) is 0.685. The number of hydrogen-bond acceptors (Lipinski definition) is 5. The monoisotopic (exact) mass is 268 g/mol. The van der Waals surface area contributed by atoms with Crippen LogP contribution >= 0.6 is 0 Å². The van der Waals surface area contributed by atoms with Crippen LogP contribution in [0.3, 0.4) is 0 Å². The van der Waals surface area contributed by atoms with E-state index in [-0.39, 0.29) is 30.2 Å². The first-order chi connectivity index (χ1) is 9.11. The van der Waals surface area contributed by atoms with Gasteiger partial charge < -0.3 is 24.9 Å². The van der Waals surface area contributed by atoms with Crippen LogP contribution in [0.2, 0.25) is 0 Å². The standard InChI is InChI=1S/C12H16N2O5/c1-13-9-6-18-5-8(9)11(15)14-4-7-2-3-10(19-7)12(16)17/h2-3,8-9,13H,4-6H2,1H3,(H,14,15)(H,16,17). The second-order valence-electron chi connectivity index (χ2n) is 4.33. The lowest BCUT2D eigenvalue weighted by molar-refractivity contribution is -0.125. The van der Waals surface area contributed by atoms with Crippen LogP contribution in [0, 0.1) is 5.92 Å². The van der Waals surface area contributed by atoms with Gasteiger partial charge in [-0.1, -0.05) is 0 Å². The molecule has 1 amide bonds. The van der Waals surface area contributed by atoms with Gasteiger partial charge >= 0.3 is 5.97 Å². The van der Waals surface area contributed by atoms with Crippen LogP contribution < -0.4 is 10.6 Å². The molecule has 2 heterocycles. The molecule has 1 aliphatic heterocycles. The van der Waals surface area contributed by atoms with Gasteiger partial charge in [0, 0.05) is 6.04 Å². The zero-order chi connectivity index (χ0) is 13.8. The van der Waals surface area contributed by atoms with Gasteiger partial charge in [-0.2, -0.15) is 0 Å². The van der Waals surface area contributed by atoms with Crippen molar-refractivity contribution in [3.8, 4) is 0 Å². The molecular formula is C12H16N2O5. The van der Waals surface area contributed by atoms with Crippen molar-refractivity contribution in [1.82, 2.24) is 10.6 Å². The maximum Gasteiger partial charge on any atom is 0.371 e. The van der Waals surface area contributed by atoms with Crippen LogP contribution in [0.15, 0.2) is 16.5 Å². The molecule has 0 radical (unpaired) electrons. The first-order valence-corrected chi connectivity index (χ1v) is 5.96. The predicted octanol–water partition coefficient (Wildman–Crippen LogP) is -0.172. The van der Waals surface area contributed by atoms with Crippen LogP contribution in [-0.2, 0) is 16.1 Å². The van der Waals surface area contributed by atoms with E-state index in [9.17, 15) is 9.59 Å². The van der Waals surface area contributed by atoms with E-state index in [1.54, 1.807) is 7.05 Å². The second kappa shape index (κ2) is 5.85. The summed E-state index contributed by atoms with van der Waals surface area (Å²) in [5.74, 6) is -1.23. The predicted molar refractivity (Wildman–Crippen MR) is 64.7 cm³/mol. The summed E-state index contributed by atoms with van der Waals surface area (Å²) in [7, 11) is 1.78. The molecule has 2 rings (SSSR count). The number of furan rings is 1. The van der Waals surface area contributed by atoms with Gasteiger partial charge in [0.25, 0.3) is 0 Å². The Morgan fingerprint density at radius 2 is 2.21 bits per heavy atom. The van der Waals surface area contributed by atoms with E-state index < -0.39 is 5.97 Å². The molecule has 0 spiro atoms. The van der Waals surface area contributed by atoms with E-state index in [4.69, 9.17) is 14.3 Å². The van der Waals surface area contributed by atoms with E-state index in [0.717, 1.165) is 0 Å². The molecule has 19 heavy (non-hydrogen) atoms. The van der Waals surface area contributed by atoms with E-state index in [0.29, 0.717) is 19.0 Å². The van der Waals surface area contributed by atoms with E-state index >= 15 is 0 Å². The molecule has 1 saturated heterocycles. The van der Waals surface area contributed by atoms with E-state index in [1.165, 1.54) is 12.1 Å². The maximum atomic E-state index is 11.9. The number of likely N-dealkylation sites (N-methyl/N-ethyl adjacent to an activating group) is 1. The molecule has 104 valence electrons. The minimum Gasteiger partial charge on any atom is -0.475 e. The number of carbonyl (C=O) groups is 2. The van der Waals surface area contributed by atoms with Crippen molar-refractivity contribution in [3.05, 3.63) is 23.7 Å². The van der Waals surface area contributed by atoms with Crippen LogP contribution in [0.5, 0.6) is 0 Å². The van der Waals surface area contributed by atoms with Crippen molar-refractivity contribution < 1.29 is 23.8 Å². The number of carboxylic acid groups (broad SMARTS) is 1. The molecule has 0 aliphatic carbocycles. The lowest BCUT2D eigenvalue weighted by Crippen LogP contribution is -2.42. The Hall–Kier alpha value is -1.86. The van der Waals surface area contributed by atoms with Crippen molar-refractivity contribution in [1.29, 1.82) is 0 Å². The Balaban J connectivity index is 1.87. The van der Waals surface area contributed by atoms with Gasteiger partial charge in [-0.25, -0.2) is 4.79 Å². The SMILES string of the molecule is CNC1COCC1C(=O)NCc1ccc(C(=O)O)o1. The third kappa shape index (κ3) is 3.12. The van der Waals surface area contributed by atoms with Crippen molar-refractivity contribution in [3.63, 3.8) is 0 Å². The van der Waals surface area contributed by atoms with Crippen molar-refractivity contribution >= 4 is 11.9 Å². The average Bonchev–Trinajstić information content (AvgIpc) is 3.04. The summed E-state index contributed by atoms with van der Waals surface area (Å²) < 4.78 is 10.3. The lowest BCUT2D eigenvalue weighted by Gasteiger charge is -2.15. The molecule has 7 nitrogen and oxygen atoms in total. The lowest BCUT2D eigenvalue weighted by atomic mass is 10.0. The number of ether oxygens (including phenoxy) is 1. The number of carbonyl (C=O) groups excluding carboxylic acids is 1. The molecule has 2 atom stereocenters. The van der Waals surface area contributed by atoms with Crippen molar-refractivity contribution in [2.24, 2.45) is 5.92 Å². The number of hydrogen-bond donors (Lipinski definition) is 3. The topological polar surface area (TPSA) is 101 Å². The Morgan fingerprint density at radius 1 is 1.42 bits per heavy atom. The first-order valence-electron chi connectivity index (χ1n) is 5.96. The maximum absolute atomic E-state index is 11.9. The molecule has 1 aromatic rings. The molecule has 2 unspecified atom stereocenters. The summed E-state index contributed by atoms with van der Waals surface area (Å²) in [6.45, 7) is 1.06. The normalized spacial score (nSPS) is 22.4. The average molecular weight is 268 g/mol. The molecule has 1 aliphatic rings. The molecular weight excluding hydrogens is 252 g/mol. The highest BCUT2D eigenvalue weighted by Crippen LogP contribution is 2.14. The number of carboxylic acids is 1. The highest BCUT2D eigenvalue weighted by atomic mass is 16.5. The van der Waals surface area contributed by atoms with Crippen molar-refractivity contribution in [2.75, 3.05) is 20.3 Å². The Bertz CT molecular complexity index is 470. The molecule has 1 aromatic heterocycles. The number of aromatic carboxylic acids is 1. The Kier molecular flexibility index (Phi) is 4.18. The summed E-state index contributed by atoms with van der Waals surface area (Å²) >= 11 is 0. The van der Waals surface area contributed by atoms with Crippen LogP contribution in [0.1, 0.15) is 16.3 Å². The molecule has 0 bridgehead atoms. The van der Waals surface area contributed by atoms with E-state index in [2.05, 4.69) is 10.6 Å². The number of nitrogens with one attached hydrogen (secondary N) is 2. The fourth-order valence-electron chi connectivity index (χ4n) is 1.99. The molecule has 0 saturated carbocycles. The van der Waals surface area contributed by atoms with Gasteiger partial charge in [-0.15, -0.1) is 0 Å². The fraction of sp³-hybridized carbons (Fsp3) is 0.500. The molecule has 7 heteroatoms. The first kappa shape index (κ1) is 13.6. The molecule has 0 aromatic carbocycles. The number of amides is 1. The highest BCUT2D eigenvalue weighted by molar-refractivity contribution is 5.84. The minimum atomic E-state index is -1.13. The Morgan fingerprint density at radius 3 is 2.84 bits per heavy atom. The number of rotatable bonds is 5. The molecule has 1 fully saturated rings. The largest absolute Gasteiger partial charge is 0.475 e. The van der Waals surface area contributed by atoms with Crippen LogP contribution in [0.25, 0.3) is 0 Å². The highest BCUT2D eigenvalue weighted by Gasteiger charge is 2.32. The summed E-state index contributed by atoms with van der Waals surface area (Å²) in [6.07, 6.45) is 0. The van der Waals surface area contributed by atoms with Gasteiger partial charge in [0.2, 0.25) is 11.7 Å². The smallest absolute Gasteiger partial charge is 0.371 e.